The van der Waals surface area contributed by atoms with Crippen LogP contribution in [0.4, 0.5) is 4.39 Å². The fourth-order valence-electron chi connectivity index (χ4n) is 2.86. The zero-order chi connectivity index (χ0) is 19.3. The Balaban J connectivity index is 0.00000392. The Labute approximate surface area is 184 Å². The number of hydrogen-bond acceptors (Lipinski definition) is 4. The number of nitrogens with zero attached hydrogens (tertiary/aromatic N) is 1. The molecular weight excluding hydrogens is 476 g/mol. The molecule has 2 atom stereocenters. The largest absolute Gasteiger partial charge is 0.381 e. The normalized spacial score (nSPS) is 17.8. The molecule has 1 aromatic carbocycles. The van der Waals surface area contributed by atoms with Crippen molar-refractivity contribution in [3.05, 3.63) is 35.6 Å². The predicted molar refractivity (Wildman–Crippen MR) is 120 cm³/mol. The van der Waals surface area contributed by atoms with Crippen LogP contribution in [0.1, 0.15) is 31.4 Å². The average Bonchev–Trinajstić information content (AvgIpc) is 3.19. The molecule has 0 bridgehead atoms. The van der Waals surface area contributed by atoms with Crippen molar-refractivity contribution in [3.63, 3.8) is 0 Å². The van der Waals surface area contributed by atoms with E-state index in [1.165, 1.54) is 12.1 Å². The number of rotatable bonds is 11. The smallest absolute Gasteiger partial charge is 0.191 e. The highest BCUT2D eigenvalue weighted by molar-refractivity contribution is 14.0. The summed E-state index contributed by atoms with van der Waals surface area (Å²) in [5.74, 6) is 1.04. The van der Waals surface area contributed by atoms with Crippen LogP contribution in [0.5, 0.6) is 0 Å². The number of methoxy groups -OCH3 is 1. The molecule has 1 aliphatic rings. The predicted octanol–water partition coefficient (Wildman–Crippen LogP) is 3.13. The minimum absolute atomic E-state index is 0. The second-order valence-corrected chi connectivity index (χ2v) is 6.58. The van der Waals surface area contributed by atoms with Gasteiger partial charge in [-0.15, -0.1) is 24.0 Å². The molecule has 1 aliphatic heterocycles. The molecule has 1 fully saturated rings. The molecule has 28 heavy (non-hydrogen) atoms. The highest BCUT2D eigenvalue weighted by Crippen LogP contribution is 2.17. The van der Waals surface area contributed by atoms with Crippen molar-refractivity contribution >= 4 is 29.9 Å². The maximum absolute atomic E-state index is 13.1. The highest BCUT2D eigenvalue weighted by atomic mass is 127. The van der Waals surface area contributed by atoms with E-state index in [1.807, 2.05) is 6.92 Å². The van der Waals surface area contributed by atoms with Crippen molar-refractivity contribution in [1.29, 1.82) is 0 Å². The van der Waals surface area contributed by atoms with Crippen molar-refractivity contribution in [2.45, 2.75) is 25.9 Å². The van der Waals surface area contributed by atoms with E-state index >= 15 is 0 Å². The van der Waals surface area contributed by atoms with Gasteiger partial charge < -0.3 is 24.8 Å². The van der Waals surface area contributed by atoms with E-state index in [9.17, 15) is 4.39 Å². The van der Waals surface area contributed by atoms with Gasteiger partial charge in [0, 0.05) is 39.3 Å². The first-order chi connectivity index (χ1) is 13.2. The van der Waals surface area contributed by atoms with Gasteiger partial charge >= 0.3 is 0 Å². The Morgan fingerprint density at radius 2 is 2.11 bits per heavy atom. The van der Waals surface area contributed by atoms with Crippen molar-refractivity contribution in [2.24, 2.45) is 10.9 Å². The van der Waals surface area contributed by atoms with Gasteiger partial charge in [-0.2, -0.15) is 0 Å². The van der Waals surface area contributed by atoms with Crippen LogP contribution >= 0.6 is 24.0 Å². The number of ether oxygens (including phenoxy) is 3. The minimum atomic E-state index is -0.255. The lowest BCUT2D eigenvalue weighted by Gasteiger charge is -2.16. The third-order valence-electron chi connectivity index (χ3n) is 4.42. The number of benzene rings is 1. The molecule has 1 heterocycles. The number of nitrogens with one attached hydrogen (secondary N) is 2. The fraction of sp³-hybridized carbons (Fsp3) is 0.650. The summed E-state index contributed by atoms with van der Waals surface area (Å²) in [5.41, 5.74) is 0.905. The van der Waals surface area contributed by atoms with Crippen molar-refractivity contribution in [2.75, 3.05) is 53.2 Å². The fourth-order valence-corrected chi connectivity index (χ4v) is 2.86. The average molecular weight is 509 g/mol. The maximum Gasteiger partial charge on any atom is 0.191 e. The Hall–Kier alpha value is -0.970. The van der Waals surface area contributed by atoms with Crippen LogP contribution < -0.4 is 10.6 Å². The molecule has 0 saturated carbocycles. The van der Waals surface area contributed by atoms with E-state index in [1.54, 1.807) is 19.2 Å². The number of hydrogen-bond donors (Lipinski definition) is 2. The molecule has 2 unspecified atom stereocenters. The molecule has 8 heteroatoms. The van der Waals surface area contributed by atoms with Crippen LogP contribution in [0.3, 0.4) is 0 Å². The van der Waals surface area contributed by atoms with Gasteiger partial charge in [0.1, 0.15) is 11.9 Å². The van der Waals surface area contributed by atoms with E-state index in [2.05, 4.69) is 15.6 Å². The summed E-state index contributed by atoms with van der Waals surface area (Å²) in [6.45, 7) is 7.22. The van der Waals surface area contributed by atoms with Crippen LogP contribution in [0, 0.1) is 11.7 Å². The number of halogens is 2. The van der Waals surface area contributed by atoms with Gasteiger partial charge in [0.2, 0.25) is 0 Å². The Kier molecular flexibility index (Phi) is 13.4. The molecule has 2 N–H and O–H groups in total. The number of aliphatic imine (C=N–C) groups is 1. The van der Waals surface area contributed by atoms with Crippen molar-refractivity contribution in [3.8, 4) is 0 Å². The van der Waals surface area contributed by atoms with Gasteiger partial charge in [0.15, 0.2) is 5.96 Å². The van der Waals surface area contributed by atoms with E-state index < -0.39 is 0 Å². The zero-order valence-electron chi connectivity index (χ0n) is 16.8. The third-order valence-corrected chi connectivity index (χ3v) is 4.42. The highest BCUT2D eigenvalue weighted by Gasteiger charge is 2.15. The monoisotopic (exact) mass is 509 g/mol. The van der Waals surface area contributed by atoms with E-state index in [-0.39, 0.29) is 35.9 Å². The third kappa shape index (κ3) is 9.49. The SMILES string of the molecule is CCNC(=NCC(OC)c1ccc(F)cc1)NCCCOCC1CCOC1.I. The minimum Gasteiger partial charge on any atom is -0.381 e. The van der Waals surface area contributed by atoms with Gasteiger partial charge in [-0.25, -0.2) is 4.39 Å². The molecule has 0 radical (unpaired) electrons. The van der Waals surface area contributed by atoms with E-state index in [0.717, 1.165) is 63.9 Å². The summed E-state index contributed by atoms with van der Waals surface area (Å²) in [5, 5.41) is 6.53. The van der Waals surface area contributed by atoms with Crippen LogP contribution in [0.2, 0.25) is 0 Å². The van der Waals surface area contributed by atoms with Gasteiger partial charge in [-0.3, -0.25) is 4.99 Å². The Morgan fingerprint density at radius 1 is 1.32 bits per heavy atom. The second-order valence-electron chi connectivity index (χ2n) is 6.58. The van der Waals surface area contributed by atoms with Crippen LogP contribution in [-0.2, 0) is 14.2 Å². The topological polar surface area (TPSA) is 64.1 Å². The summed E-state index contributed by atoms with van der Waals surface area (Å²) in [6.07, 6.45) is 1.80. The van der Waals surface area contributed by atoms with Gasteiger partial charge in [0.05, 0.1) is 19.8 Å². The Bertz CT molecular complexity index is 554. The molecule has 2 rings (SSSR count). The summed E-state index contributed by atoms with van der Waals surface area (Å²) >= 11 is 0. The summed E-state index contributed by atoms with van der Waals surface area (Å²) in [6, 6.07) is 6.33. The van der Waals surface area contributed by atoms with E-state index in [4.69, 9.17) is 14.2 Å². The summed E-state index contributed by atoms with van der Waals surface area (Å²) in [7, 11) is 1.64. The quantitative estimate of drug-likeness (QED) is 0.208. The second kappa shape index (κ2) is 14.9. The molecule has 160 valence electrons. The lowest BCUT2D eigenvalue weighted by molar-refractivity contribution is 0.0887. The molecule has 0 aromatic heterocycles. The molecular formula is C20H33FIN3O3. The zero-order valence-corrected chi connectivity index (χ0v) is 19.1. The molecule has 1 saturated heterocycles. The van der Waals surface area contributed by atoms with Crippen LogP contribution in [0.15, 0.2) is 29.3 Å². The van der Waals surface area contributed by atoms with Gasteiger partial charge in [0.25, 0.3) is 0 Å². The molecule has 0 aliphatic carbocycles. The Morgan fingerprint density at radius 3 is 2.75 bits per heavy atom. The summed E-state index contributed by atoms with van der Waals surface area (Å²) < 4.78 is 29.6. The number of guanidine groups is 1. The van der Waals surface area contributed by atoms with Crippen LogP contribution in [0.25, 0.3) is 0 Å². The van der Waals surface area contributed by atoms with Crippen LogP contribution in [-0.4, -0.2) is 59.1 Å². The molecule has 6 nitrogen and oxygen atoms in total. The first kappa shape index (κ1) is 25.1. The van der Waals surface area contributed by atoms with Gasteiger partial charge in [-0.05, 0) is 37.5 Å². The van der Waals surface area contributed by atoms with Gasteiger partial charge in [-0.1, -0.05) is 12.1 Å². The van der Waals surface area contributed by atoms with Crippen molar-refractivity contribution in [1.82, 2.24) is 10.6 Å². The molecule has 0 spiro atoms. The molecule has 1 aromatic rings. The maximum atomic E-state index is 13.1. The first-order valence-electron chi connectivity index (χ1n) is 9.68. The summed E-state index contributed by atoms with van der Waals surface area (Å²) in [4.78, 5) is 4.58. The van der Waals surface area contributed by atoms with Crippen molar-refractivity contribution < 1.29 is 18.6 Å². The first-order valence-corrected chi connectivity index (χ1v) is 9.68. The molecule has 0 amide bonds. The lowest BCUT2D eigenvalue weighted by atomic mass is 10.1. The van der Waals surface area contributed by atoms with E-state index in [0.29, 0.717) is 12.5 Å². The lowest BCUT2D eigenvalue weighted by Crippen LogP contribution is -2.38. The standard InChI is InChI=1S/C20H32FN3O3.HI/c1-3-22-20(23-10-4-11-26-14-16-9-12-27-15-16)24-13-19(25-2)17-5-7-18(21)8-6-17;/h5-8,16,19H,3-4,9-15H2,1-2H3,(H2,22,23,24);1H.